The van der Waals surface area contributed by atoms with Gasteiger partial charge >= 0.3 is 0 Å². The van der Waals surface area contributed by atoms with E-state index in [0.29, 0.717) is 6.10 Å². The highest BCUT2D eigenvalue weighted by atomic mass is 16.5. The molecule has 94 valence electrons. The molecule has 2 N–H and O–H groups in total. The molecule has 1 rings (SSSR count). The van der Waals surface area contributed by atoms with Crippen LogP contribution in [-0.4, -0.2) is 67.7 Å². The Kier molecular flexibility index (Phi) is 5.73. The average Bonchev–Trinajstić information content (AvgIpc) is 2.28. The van der Waals surface area contributed by atoms with Gasteiger partial charge in [0.1, 0.15) is 0 Å². The van der Waals surface area contributed by atoms with Crippen molar-refractivity contribution in [2.45, 2.75) is 20.0 Å². The normalized spacial score (nSPS) is 18.1. The lowest BCUT2D eigenvalue weighted by atomic mass is 10.3. The molecule has 1 aliphatic heterocycles. The van der Waals surface area contributed by atoms with Crippen LogP contribution in [0, 0.1) is 0 Å². The predicted molar refractivity (Wildman–Crippen MR) is 63.2 cm³/mol. The van der Waals surface area contributed by atoms with Crippen molar-refractivity contribution in [3.8, 4) is 0 Å². The molecule has 1 saturated heterocycles. The Labute approximate surface area is 97.5 Å². The van der Waals surface area contributed by atoms with Gasteiger partial charge in [0, 0.05) is 32.7 Å². The van der Waals surface area contributed by atoms with Gasteiger partial charge in [-0.25, -0.2) is 0 Å². The number of nitrogens with two attached hydrogens (primary N) is 1. The van der Waals surface area contributed by atoms with Crippen molar-refractivity contribution in [2.75, 3.05) is 45.9 Å². The predicted octanol–water partition coefficient (Wildman–Crippen LogP) is -0.486. The Bertz CT molecular complexity index is 213. The maximum atomic E-state index is 11.3. The Morgan fingerprint density at radius 1 is 1.31 bits per heavy atom. The summed E-state index contributed by atoms with van der Waals surface area (Å²) in [5, 5.41) is 0. The average molecular weight is 229 g/mol. The van der Waals surface area contributed by atoms with E-state index in [2.05, 4.69) is 4.90 Å². The third-order valence-corrected chi connectivity index (χ3v) is 2.76. The second-order valence-electron chi connectivity index (χ2n) is 4.35. The molecule has 0 aromatic heterocycles. The molecule has 1 fully saturated rings. The van der Waals surface area contributed by atoms with Crippen molar-refractivity contribution < 1.29 is 9.53 Å². The lowest BCUT2D eigenvalue weighted by Gasteiger charge is -2.34. The number of amides is 1. The van der Waals surface area contributed by atoms with E-state index in [0.717, 1.165) is 39.3 Å². The Morgan fingerprint density at radius 2 is 1.94 bits per heavy atom. The number of rotatable bonds is 5. The highest BCUT2D eigenvalue weighted by Gasteiger charge is 2.19. The van der Waals surface area contributed by atoms with Gasteiger partial charge in [-0.05, 0) is 13.8 Å². The molecule has 0 atom stereocenters. The largest absolute Gasteiger partial charge is 0.377 e. The van der Waals surface area contributed by atoms with Gasteiger partial charge in [0.15, 0.2) is 0 Å². The zero-order valence-electron chi connectivity index (χ0n) is 10.3. The van der Waals surface area contributed by atoms with Crippen LogP contribution in [0.1, 0.15) is 13.8 Å². The molecule has 0 aromatic carbocycles. The minimum atomic E-state index is 0.0538. The lowest BCUT2D eigenvalue weighted by Crippen LogP contribution is -2.50. The van der Waals surface area contributed by atoms with Gasteiger partial charge in [-0.2, -0.15) is 0 Å². The molecule has 0 radical (unpaired) electrons. The van der Waals surface area contributed by atoms with Crippen LogP contribution < -0.4 is 5.73 Å². The molecule has 5 nitrogen and oxygen atoms in total. The van der Waals surface area contributed by atoms with E-state index in [1.807, 2.05) is 18.7 Å². The number of nitrogens with zero attached hydrogens (tertiary/aromatic N) is 2. The summed E-state index contributed by atoms with van der Waals surface area (Å²) in [6.07, 6.45) is 0.292. The summed E-state index contributed by atoms with van der Waals surface area (Å²) in [6.45, 7) is 9.34. The number of ether oxygens (including phenoxy) is 1. The summed E-state index contributed by atoms with van der Waals surface area (Å²) < 4.78 is 5.50. The minimum absolute atomic E-state index is 0.0538. The van der Waals surface area contributed by atoms with E-state index in [1.54, 1.807) is 0 Å². The number of hydrogen-bond donors (Lipinski definition) is 1. The highest BCUT2D eigenvalue weighted by molar-refractivity contribution is 5.78. The fourth-order valence-corrected chi connectivity index (χ4v) is 1.77. The molecule has 0 aliphatic carbocycles. The lowest BCUT2D eigenvalue weighted by molar-refractivity contribution is -0.131. The standard InChI is InChI=1S/C11H23N3O2/c1-10(2)16-8-7-13-3-5-14(6-4-13)11(15)9-12/h10H,3-9,12H2,1-2H3. The Morgan fingerprint density at radius 3 is 2.44 bits per heavy atom. The summed E-state index contributed by atoms with van der Waals surface area (Å²) >= 11 is 0. The van der Waals surface area contributed by atoms with Crippen LogP contribution in [0.15, 0.2) is 0 Å². The van der Waals surface area contributed by atoms with Crippen LogP contribution in [0.2, 0.25) is 0 Å². The van der Waals surface area contributed by atoms with E-state index >= 15 is 0 Å². The minimum Gasteiger partial charge on any atom is -0.377 e. The first-order valence-electron chi connectivity index (χ1n) is 5.95. The summed E-state index contributed by atoms with van der Waals surface area (Å²) in [6, 6.07) is 0. The first-order valence-corrected chi connectivity index (χ1v) is 5.95. The van der Waals surface area contributed by atoms with Gasteiger partial charge in [0.2, 0.25) is 5.91 Å². The van der Waals surface area contributed by atoms with Gasteiger partial charge in [-0.15, -0.1) is 0 Å². The molecule has 1 amide bonds. The van der Waals surface area contributed by atoms with E-state index in [9.17, 15) is 4.79 Å². The fourth-order valence-electron chi connectivity index (χ4n) is 1.77. The number of piperazine rings is 1. The molecule has 0 saturated carbocycles. The van der Waals surface area contributed by atoms with E-state index in [4.69, 9.17) is 10.5 Å². The van der Waals surface area contributed by atoms with Gasteiger partial charge in [0.05, 0.1) is 19.3 Å². The summed E-state index contributed by atoms with van der Waals surface area (Å²) in [5.41, 5.74) is 5.33. The molecule has 5 heteroatoms. The molecule has 1 heterocycles. The second kappa shape index (κ2) is 6.83. The highest BCUT2D eigenvalue weighted by Crippen LogP contribution is 2.01. The third kappa shape index (κ3) is 4.47. The Hall–Kier alpha value is -0.650. The smallest absolute Gasteiger partial charge is 0.236 e. The van der Waals surface area contributed by atoms with Crippen LogP contribution in [0.25, 0.3) is 0 Å². The second-order valence-corrected chi connectivity index (χ2v) is 4.35. The van der Waals surface area contributed by atoms with Crippen molar-refractivity contribution in [2.24, 2.45) is 5.73 Å². The van der Waals surface area contributed by atoms with Gasteiger partial charge in [0.25, 0.3) is 0 Å². The van der Waals surface area contributed by atoms with Gasteiger partial charge in [-0.1, -0.05) is 0 Å². The monoisotopic (exact) mass is 229 g/mol. The molecule has 16 heavy (non-hydrogen) atoms. The molecule has 1 aliphatic rings. The summed E-state index contributed by atoms with van der Waals surface area (Å²) in [4.78, 5) is 15.5. The van der Waals surface area contributed by atoms with Gasteiger partial charge in [-0.3, -0.25) is 9.69 Å². The van der Waals surface area contributed by atoms with Crippen LogP contribution in [0.4, 0.5) is 0 Å². The van der Waals surface area contributed by atoms with Crippen molar-refractivity contribution in [3.05, 3.63) is 0 Å². The van der Waals surface area contributed by atoms with Crippen LogP contribution in [-0.2, 0) is 9.53 Å². The zero-order chi connectivity index (χ0) is 12.0. The number of hydrogen-bond acceptors (Lipinski definition) is 4. The van der Waals surface area contributed by atoms with Crippen molar-refractivity contribution in [3.63, 3.8) is 0 Å². The topological polar surface area (TPSA) is 58.8 Å². The molecule has 0 aromatic rings. The maximum absolute atomic E-state index is 11.3. The SMILES string of the molecule is CC(C)OCCN1CCN(C(=O)CN)CC1. The number of carbonyl (C=O) groups is 1. The zero-order valence-corrected chi connectivity index (χ0v) is 10.3. The van der Waals surface area contributed by atoms with Crippen LogP contribution >= 0.6 is 0 Å². The van der Waals surface area contributed by atoms with Crippen LogP contribution in [0.5, 0.6) is 0 Å². The fraction of sp³-hybridized carbons (Fsp3) is 0.909. The van der Waals surface area contributed by atoms with Crippen molar-refractivity contribution in [1.82, 2.24) is 9.80 Å². The molecule has 0 spiro atoms. The van der Waals surface area contributed by atoms with E-state index in [-0.39, 0.29) is 12.5 Å². The molecule has 0 unspecified atom stereocenters. The summed E-state index contributed by atoms with van der Waals surface area (Å²) in [7, 11) is 0. The Balaban J connectivity index is 2.14. The van der Waals surface area contributed by atoms with Gasteiger partial charge < -0.3 is 15.4 Å². The first-order chi connectivity index (χ1) is 7.63. The maximum Gasteiger partial charge on any atom is 0.236 e. The molecular formula is C11H23N3O2. The summed E-state index contributed by atoms with van der Waals surface area (Å²) in [5.74, 6) is 0.0538. The van der Waals surface area contributed by atoms with E-state index in [1.165, 1.54) is 0 Å². The molecular weight excluding hydrogens is 206 g/mol. The quantitative estimate of drug-likeness (QED) is 0.691. The number of carbonyl (C=O) groups excluding carboxylic acids is 1. The first kappa shape index (κ1) is 13.4. The van der Waals surface area contributed by atoms with Crippen molar-refractivity contribution in [1.29, 1.82) is 0 Å². The van der Waals surface area contributed by atoms with Crippen LogP contribution in [0.3, 0.4) is 0 Å². The molecule has 0 bridgehead atoms. The van der Waals surface area contributed by atoms with E-state index < -0.39 is 0 Å². The third-order valence-electron chi connectivity index (χ3n) is 2.76. The van der Waals surface area contributed by atoms with Crippen molar-refractivity contribution >= 4 is 5.91 Å².